The summed E-state index contributed by atoms with van der Waals surface area (Å²) >= 11 is 0. The summed E-state index contributed by atoms with van der Waals surface area (Å²) in [7, 11) is 0. The first-order valence-electron chi connectivity index (χ1n) is 5.83. The molecule has 1 aromatic carbocycles. The zero-order valence-electron chi connectivity index (χ0n) is 10.4. The van der Waals surface area contributed by atoms with Crippen LogP contribution in [0.4, 0.5) is 5.69 Å². The summed E-state index contributed by atoms with van der Waals surface area (Å²) in [6.07, 6.45) is 0.894. The Kier molecular flexibility index (Phi) is 6.55. The molecule has 0 aliphatic heterocycles. The van der Waals surface area contributed by atoms with Crippen LogP contribution < -0.4 is 5.32 Å². The lowest BCUT2D eigenvalue weighted by atomic mass is 10.2. The van der Waals surface area contributed by atoms with Crippen molar-refractivity contribution in [1.29, 1.82) is 0 Å². The fourth-order valence-corrected chi connectivity index (χ4v) is 1.28. The third-order valence-corrected chi connectivity index (χ3v) is 2.06. The molecule has 0 spiro atoms. The average Bonchev–Trinajstić information content (AvgIpc) is 2.38. The topological polar surface area (TPSA) is 58.6 Å². The van der Waals surface area contributed by atoms with Gasteiger partial charge in [-0.05, 0) is 30.7 Å². The number of hydrogen-bond donors (Lipinski definition) is 2. The molecule has 2 N–H and O–H groups in total. The molecule has 0 aliphatic carbocycles. The number of aliphatic hydroxyl groups excluding tert-OH is 1. The van der Waals surface area contributed by atoms with Gasteiger partial charge in [0, 0.05) is 17.9 Å². The van der Waals surface area contributed by atoms with Crippen LogP contribution in [0.15, 0.2) is 24.3 Å². The molecule has 4 heteroatoms. The highest BCUT2D eigenvalue weighted by Crippen LogP contribution is 2.08. The number of amides is 1. The Balaban J connectivity index is 2.45. The van der Waals surface area contributed by atoms with Crippen molar-refractivity contribution in [2.24, 2.45) is 0 Å². The summed E-state index contributed by atoms with van der Waals surface area (Å²) in [5.41, 5.74) is 1.50. The quantitative estimate of drug-likeness (QED) is 0.610. The molecule has 0 atom stereocenters. The summed E-state index contributed by atoms with van der Waals surface area (Å²) in [5.74, 6) is 5.17. The Morgan fingerprint density at radius 1 is 1.39 bits per heavy atom. The van der Waals surface area contributed by atoms with Gasteiger partial charge in [0.15, 0.2) is 0 Å². The molecule has 0 fully saturated rings. The SMILES string of the molecule is CCCOCC(=O)Nc1ccc(C#CCO)cc1. The minimum atomic E-state index is -0.169. The second kappa shape index (κ2) is 8.29. The number of carbonyl (C=O) groups excluding carboxylic acids is 1. The predicted octanol–water partition coefficient (Wildman–Crippen LogP) is 1.40. The van der Waals surface area contributed by atoms with Gasteiger partial charge >= 0.3 is 0 Å². The predicted molar refractivity (Wildman–Crippen MR) is 70.1 cm³/mol. The molecule has 1 rings (SSSR count). The van der Waals surface area contributed by atoms with Gasteiger partial charge in [0.25, 0.3) is 0 Å². The lowest BCUT2D eigenvalue weighted by Gasteiger charge is -2.05. The zero-order valence-corrected chi connectivity index (χ0v) is 10.4. The normalized spacial score (nSPS) is 9.44. The van der Waals surface area contributed by atoms with E-state index in [0.29, 0.717) is 12.3 Å². The number of hydrogen-bond acceptors (Lipinski definition) is 3. The van der Waals surface area contributed by atoms with E-state index in [9.17, 15) is 4.79 Å². The van der Waals surface area contributed by atoms with Crippen LogP contribution in [0.2, 0.25) is 0 Å². The molecule has 0 aromatic heterocycles. The number of aliphatic hydroxyl groups is 1. The van der Waals surface area contributed by atoms with Crippen LogP contribution in [-0.2, 0) is 9.53 Å². The number of ether oxygens (including phenoxy) is 1. The standard InChI is InChI=1S/C14H17NO3/c1-2-10-18-11-14(17)15-13-7-5-12(6-8-13)4-3-9-16/h5-8,16H,2,9-11H2,1H3,(H,15,17). The van der Waals surface area contributed by atoms with E-state index in [1.807, 2.05) is 6.92 Å². The summed E-state index contributed by atoms with van der Waals surface area (Å²) in [6.45, 7) is 2.49. The van der Waals surface area contributed by atoms with Crippen molar-refractivity contribution < 1.29 is 14.6 Å². The number of anilines is 1. The Morgan fingerprint density at radius 3 is 2.72 bits per heavy atom. The minimum Gasteiger partial charge on any atom is -0.384 e. The number of nitrogens with one attached hydrogen (secondary N) is 1. The van der Waals surface area contributed by atoms with Gasteiger partial charge in [0.1, 0.15) is 13.2 Å². The summed E-state index contributed by atoms with van der Waals surface area (Å²) in [4.78, 5) is 11.4. The van der Waals surface area contributed by atoms with Crippen LogP contribution >= 0.6 is 0 Å². The molecule has 0 saturated carbocycles. The van der Waals surface area contributed by atoms with Gasteiger partial charge in [-0.25, -0.2) is 0 Å². The maximum atomic E-state index is 11.4. The van der Waals surface area contributed by atoms with E-state index in [4.69, 9.17) is 9.84 Å². The minimum absolute atomic E-state index is 0.0694. The van der Waals surface area contributed by atoms with E-state index in [0.717, 1.165) is 12.0 Å². The molecule has 96 valence electrons. The maximum absolute atomic E-state index is 11.4. The summed E-state index contributed by atoms with van der Waals surface area (Å²) in [5, 5.41) is 11.3. The zero-order chi connectivity index (χ0) is 13.2. The van der Waals surface area contributed by atoms with Gasteiger partial charge < -0.3 is 15.2 Å². The average molecular weight is 247 g/mol. The highest BCUT2D eigenvalue weighted by atomic mass is 16.5. The first-order valence-corrected chi connectivity index (χ1v) is 5.83. The van der Waals surface area contributed by atoms with Crippen LogP contribution in [0.5, 0.6) is 0 Å². The van der Waals surface area contributed by atoms with E-state index in [-0.39, 0.29) is 19.1 Å². The maximum Gasteiger partial charge on any atom is 0.250 e. The molecular formula is C14H17NO3. The molecule has 0 radical (unpaired) electrons. The van der Waals surface area contributed by atoms with E-state index >= 15 is 0 Å². The Labute approximate surface area is 107 Å². The van der Waals surface area contributed by atoms with Crippen molar-refractivity contribution in [3.05, 3.63) is 29.8 Å². The van der Waals surface area contributed by atoms with Crippen molar-refractivity contribution >= 4 is 11.6 Å². The van der Waals surface area contributed by atoms with Gasteiger partial charge in [-0.2, -0.15) is 0 Å². The molecular weight excluding hydrogens is 230 g/mol. The number of carbonyl (C=O) groups is 1. The van der Waals surface area contributed by atoms with Crippen LogP contribution in [0.25, 0.3) is 0 Å². The van der Waals surface area contributed by atoms with Crippen LogP contribution in [0.3, 0.4) is 0 Å². The molecule has 1 amide bonds. The molecule has 0 unspecified atom stereocenters. The van der Waals surface area contributed by atoms with E-state index in [2.05, 4.69) is 17.2 Å². The summed E-state index contributed by atoms with van der Waals surface area (Å²) < 4.78 is 5.13. The lowest BCUT2D eigenvalue weighted by molar-refractivity contribution is -0.120. The van der Waals surface area contributed by atoms with E-state index < -0.39 is 0 Å². The number of rotatable bonds is 5. The number of benzene rings is 1. The van der Waals surface area contributed by atoms with Gasteiger partial charge in [0.05, 0.1) is 0 Å². The molecule has 0 aliphatic rings. The van der Waals surface area contributed by atoms with E-state index in [1.165, 1.54) is 0 Å². The highest BCUT2D eigenvalue weighted by Gasteiger charge is 2.01. The van der Waals surface area contributed by atoms with Crippen LogP contribution in [-0.4, -0.2) is 30.8 Å². The molecule has 0 saturated heterocycles. The molecule has 1 aromatic rings. The molecule has 4 nitrogen and oxygen atoms in total. The molecule has 18 heavy (non-hydrogen) atoms. The lowest BCUT2D eigenvalue weighted by Crippen LogP contribution is -2.18. The Hall–Kier alpha value is -1.83. The van der Waals surface area contributed by atoms with Crippen LogP contribution in [0.1, 0.15) is 18.9 Å². The second-order valence-electron chi connectivity index (χ2n) is 3.64. The monoisotopic (exact) mass is 247 g/mol. The van der Waals surface area contributed by atoms with Gasteiger partial charge in [-0.1, -0.05) is 18.8 Å². The second-order valence-corrected chi connectivity index (χ2v) is 3.64. The van der Waals surface area contributed by atoms with Gasteiger partial charge in [-0.3, -0.25) is 4.79 Å². The molecule has 0 heterocycles. The van der Waals surface area contributed by atoms with E-state index in [1.54, 1.807) is 24.3 Å². The van der Waals surface area contributed by atoms with Gasteiger partial charge in [-0.15, -0.1) is 0 Å². The van der Waals surface area contributed by atoms with Crippen molar-refractivity contribution in [3.63, 3.8) is 0 Å². The Morgan fingerprint density at radius 2 is 2.11 bits per heavy atom. The Bertz CT molecular complexity index is 429. The largest absolute Gasteiger partial charge is 0.384 e. The van der Waals surface area contributed by atoms with Crippen LogP contribution in [0, 0.1) is 11.8 Å². The fraction of sp³-hybridized carbons (Fsp3) is 0.357. The summed E-state index contributed by atoms with van der Waals surface area (Å²) in [6, 6.07) is 7.09. The van der Waals surface area contributed by atoms with Crippen molar-refractivity contribution in [1.82, 2.24) is 0 Å². The third-order valence-electron chi connectivity index (χ3n) is 2.06. The third kappa shape index (κ3) is 5.48. The fourth-order valence-electron chi connectivity index (χ4n) is 1.28. The van der Waals surface area contributed by atoms with Crippen molar-refractivity contribution in [2.75, 3.05) is 25.1 Å². The molecule has 0 bridgehead atoms. The van der Waals surface area contributed by atoms with Crippen molar-refractivity contribution in [3.8, 4) is 11.8 Å². The van der Waals surface area contributed by atoms with Gasteiger partial charge in [0.2, 0.25) is 5.91 Å². The first-order chi connectivity index (χ1) is 8.76. The van der Waals surface area contributed by atoms with Crippen molar-refractivity contribution in [2.45, 2.75) is 13.3 Å². The first kappa shape index (κ1) is 14.2. The smallest absolute Gasteiger partial charge is 0.250 e. The highest BCUT2D eigenvalue weighted by molar-refractivity contribution is 5.91.